The highest BCUT2D eigenvalue weighted by Gasteiger charge is 2.10. The first-order valence-electron chi connectivity index (χ1n) is 10.4. The molecule has 0 aliphatic rings. The summed E-state index contributed by atoms with van der Waals surface area (Å²) in [4.78, 5) is 23.8. The standard InChI is InChI=1S/C16H22ClNO3.C8H6Cl2O3/c1-3-18(4-2)11-15(19)12-21-16(20)10-7-13-5-8-14(17)9-6-13;9-5-1-2-7(6(10)3-5)13-4-8(11)12/h5-10,15,19H,3-4,11-12H2,1-2H3;1-3H,4H2,(H,11,12)/b10-7+;. The SMILES string of the molecule is CCN(CC)CC(O)COC(=O)/C=C/c1ccc(Cl)cc1.O=C(O)COc1ccc(Cl)cc1Cl. The third kappa shape index (κ3) is 12.8. The summed E-state index contributed by atoms with van der Waals surface area (Å²) in [6.07, 6.45) is 2.32. The first kappa shape index (κ1) is 29.7. The second-order valence-corrected chi connectivity index (χ2v) is 8.19. The maximum absolute atomic E-state index is 11.6. The van der Waals surface area contributed by atoms with Crippen molar-refractivity contribution in [2.45, 2.75) is 20.0 Å². The van der Waals surface area contributed by atoms with Crippen molar-refractivity contribution in [2.75, 3.05) is 32.8 Å². The van der Waals surface area contributed by atoms with Crippen LogP contribution in [0.3, 0.4) is 0 Å². The van der Waals surface area contributed by atoms with E-state index in [4.69, 9.17) is 49.4 Å². The minimum Gasteiger partial charge on any atom is -0.480 e. The quantitative estimate of drug-likeness (QED) is 0.309. The Kier molecular flexibility index (Phi) is 14.3. The van der Waals surface area contributed by atoms with Crippen LogP contribution in [0.2, 0.25) is 15.1 Å². The van der Waals surface area contributed by atoms with Gasteiger partial charge in [-0.1, -0.05) is 60.8 Å². The monoisotopic (exact) mass is 531 g/mol. The molecule has 186 valence electrons. The van der Waals surface area contributed by atoms with E-state index < -0.39 is 24.6 Å². The van der Waals surface area contributed by atoms with Gasteiger partial charge in [0.05, 0.1) is 5.02 Å². The van der Waals surface area contributed by atoms with Crippen molar-refractivity contribution in [1.82, 2.24) is 4.90 Å². The Morgan fingerprint density at radius 2 is 1.65 bits per heavy atom. The number of carbonyl (C=O) groups is 2. The molecule has 0 radical (unpaired) electrons. The van der Waals surface area contributed by atoms with Crippen molar-refractivity contribution in [1.29, 1.82) is 0 Å². The summed E-state index contributed by atoms with van der Waals surface area (Å²) in [7, 11) is 0. The van der Waals surface area contributed by atoms with Crippen molar-refractivity contribution in [3.05, 3.63) is 69.2 Å². The Morgan fingerprint density at radius 3 is 2.21 bits per heavy atom. The molecule has 0 amide bonds. The van der Waals surface area contributed by atoms with Gasteiger partial charge in [-0.05, 0) is 55.1 Å². The van der Waals surface area contributed by atoms with Crippen LogP contribution in [0.15, 0.2) is 48.5 Å². The van der Waals surface area contributed by atoms with Crippen molar-refractivity contribution in [3.8, 4) is 5.75 Å². The number of aliphatic carboxylic acids is 1. The number of hydrogen-bond acceptors (Lipinski definition) is 6. The molecule has 2 N–H and O–H groups in total. The fraction of sp³-hybridized carbons (Fsp3) is 0.333. The Balaban J connectivity index is 0.000000380. The van der Waals surface area contributed by atoms with Gasteiger partial charge in [0.15, 0.2) is 6.61 Å². The number of esters is 1. The van der Waals surface area contributed by atoms with Gasteiger partial charge in [0.2, 0.25) is 0 Å². The number of carboxylic acid groups (broad SMARTS) is 1. The van der Waals surface area contributed by atoms with Gasteiger partial charge in [-0.25, -0.2) is 9.59 Å². The van der Waals surface area contributed by atoms with E-state index in [0.29, 0.717) is 27.4 Å². The van der Waals surface area contributed by atoms with Crippen LogP contribution in [0.5, 0.6) is 5.75 Å². The summed E-state index contributed by atoms with van der Waals surface area (Å²) >= 11 is 17.1. The molecule has 0 saturated heterocycles. The molecule has 1 atom stereocenters. The van der Waals surface area contributed by atoms with Crippen molar-refractivity contribution >= 4 is 52.8 Å². The predicted octanol–water partition coefficient (Wildman–Crippen LogP) is 5.06. The van der Waals surface area contributed by atoms with Gasteiger partial charge >= 0.3 is 11.9 Å². The fourth-order valence-electron chi connectivity index (χ4n) is 2.53. The van der Waals surface area contributed by atoms with E-state index in [0.717, 1.165) is 18.7 Å². The number of carbonyl (C=O) groups excluding carboxylic acids is 1. The summed E-state index contributed by atoms with van der Waals surface area (Å²) in [5.74, 6) is -1.21. The first-order chi connectivity index (χ1) is 16.1. The normalized spacial score (nSPS) is 11.6. The van der Waals surface area contributed by atoms with Crippen LogP contribution in [0.4, 0.5) is 0 Å². The predicted molar refractivity (Wildman–Crippen MR) is 135 cm³/mol. The highest BCUT2D eigenvalue weighted by molar-refractivity contribution is 6.35. The van der Waals surface area contributed by atoms with E-state index in [2.05, 4.69) is 4.90 Å². The Labute approximate surface area is 214 Å². The molecule has 0 spiro atoms. The Hall–Kier alpha value is -2.29. The minimum atomic E-state index is -1.05. The topological polar surface area (TPSA) is 96.3 Å². The van der Waals surface area contributed by atoms with E-state index in [1.807, 2.05) is 13.8 Å². The zero-order valence-electron chi connectivity index (χ0n) is 18.9. The zero-order valence-corrected chi connectivity index (χ0v) is 21.2. The van der Waals surface area contributed by atoms with E-state index in [1.165, 1.54) is 18.2 Å². The number of likely N-dealkylation sites (N-methyl/N-ethyl adjacent to an activating group) is 1. The second kappa shape index (κ2) is 16.4. The molecular formula is C24H28Cl3NO6. The molecule has 0 aliphatic carbocycles. The van der Waals surface area contributed by atoms with Crippen LogP contribution in [-0.2, 0) is 14.3 Å². The molecule has 2 aromatic carbocycles. The third-order valence-corrected chi connectivity index (χ3v) is 5.09. The molecule has 10 heteroatoms. The number of halogens is 3. The van der Waals surface area contributed by atoms with Gasteiger partial charge < -0.3 is 24.6 Å². The molecule has 0 aromatic heterocycles. The number of carboxylic acids is 1. The van der Waals surface area contributed by atoms with E-state index in [1.54, 1.807) is 36.4 Å². The van der Waals surface area contributed by atoms with Crippen molar-refractivity contribution in [3.63, 3.8) is 0 Å². The zero-order chi connectivity index (χ0) is 25.5. The number of nitrogens with zero attached hydrogens (tertiary/aromatic N) is 1. The molecule has 1 unspecified atom stereocenters. The molecule has 2 aromatic rings. The lowest BCUT2D eigenvalue weighted by Gasteiger charge is -2.21. The van der Waals surface area contributed by atoms with Crippen LogP contribution in [0.25, 0.3) is 6.08 Å². The number of aliphatic hydroxyl groups excluding tert-OH is 1. The van der Waals surface area contributed by atoms with Crippen LogP contribution in [-0.4, -0.2) is 66.0 Å². The van der Waals surface area contributed by atoms with E-state index in [9.17, 15) is 14.7 Å². The summed E-state index contributed by atoms with van der Waals surface area (Å²) in [5.41, 5.74) is 0.861. The maximum Gasteiger partial charge on any atom is 0.341 e. The van der Waals surface area contributed by atoms with Gasteiger partial charge in [-0.3, -0.25) is 0 Å². The average molecular weight is 533 g/mol. The molecular weight excluding hydrogens is 505 g/mol. The van der Waals surface area contributed by atoms with Gasteiger partial charge in [-0.15, -0.1) is 0 Å². The smallest absolute Gasteiger partial charge is 0.341 e. The molecule has 34 heavy (non-hydrogen) atoms. The molecule has 0 aliphatic heterocycles. The Bertz CT molecular complexity index is 933. The van der Waals surface area contributed by atoms with Gasteiger partial charge in [0.25, 0.3) is 0 Å². The van der Waals surface area contributed by atoms with Crippen LogP contribution in [0, 0.1) is 0 Å². The minimum absolute atomic E-state index is 0.000289. The third-order valence-electron chi connectivity index (χ3n) is 4.31. The number of hydrogen-bond donors (Lipinski definition) is 2. The fourth-order valence-corrected chi connectivity index (χ4v) is 3.12. The van der Waals surface area contributed by atoms with Crippen LogP contribution in [0.1, 0.15) is 19.4 Å². The second-order valence-electron chi connectivity index (χ2n) is 6.91. The average Bonchev–Trinajstić information content (AvgIpc) is 2.80. The van der Waals surface area contributed by atoms with E-state index >= 15 is 0 Å². The molecule has 2 rings (SSSR count). The number of benzene rings is 2. The van der Waals surface area contributed by atoms with Crippen molar-refractivity contribution in [2.24, 2.45) is 0 Å². The van der Waals surface area contributed by atoms with Gasteiger partial charge in [0.1, 0.15) is 18.5 Å². The molecule has 0 fully saturated rings. The maximum atomic E-state index is 11.6. The van der Waals surface area contributed by atoms with Gasteiger partial charge in [0, 0.05) is 22.7 Å². The van der Waals surface area contributed by atoms with Crippen molar-refractivity contribution < 1.29 is 29.3 Å². The summed E-state index contributed by atoms with van der Waals surface area (Å²) < 4.78 is 9.87. The lowest BCUT2D eigenvalue weighted by Crippen LogP contribution is -2.35. The highest BCUT2D eigenvalue weighted by atomic mass is 35.5. The lowest BCUT2D eigenvalue weighted by atomic mass is 10.2. The van der Waals surface area contributed by atoms with Crippen LogP contribution >= 0.6 is 34.8 Å². The first-order valence-corrected chi connectivity index (χ1v) is 11.6. The largest absolute Gasteiger partial charge is 0.480 e. The summed E-state index contributed by atoms with van der Waals surface area (Å²) in [6.45, 7) is 5.85. The molecule has 0 saturated carbocycles. The van der Waals surface area contributed by atoms with Gasteiger partial charge in [-0.2, -0.15) is 0 Å². The summed E-state index contributed by atoms with van der Waals surface area (Å²) in [5, 5.41) is 19.5. The van der Waals surface area contributed by atoms with Crippen LogP contribution < -0.4 is 4.74 Å². The lowest BCUT2D eigenvalue weighted by molar-refractivity contribution is -0.141. The number of aliphatic hydroxyl groups is 1. The molecule has 7 nitrogen and oxygen atoms in total. The molecule has 0 bridgehead atoms. The number of rotatable bonds is 11. The highest BCUT2D eigenvalue weighted by Crippen LogP contribution is 2.27. The molecule has 0 heterocycles. The number of ether oxygens (including phenoxy) is 2. The summed E-state index contributed by atoms with van der Waals surface area (Å²) in [6, 6.07) is 11.7. The van der Waals surface area contributed by atoms with E-state index in [-0.39, 0.29) is 6.61 Å². The Morgan fingerprint density at radius 1 is 1.03 bits per heavy atom.